The molecule has 1 heterocycles. The van der Waals surface area contributed by atoms with E-state index in [4.69, 9.17) is 28.8 Å². The topological polar surface area (TPSA) is 83.5 Å². The monoisotopic (exact) mass is 360 g/mol. The van der Waals surface area contributed by atoms with E-state index < -0.39 is 12.6 Å². The van der Waals surface area contributed by atoms with E-state index in [0.717, 1.165) is 11.1 Å². The maximum atomic E-state index is 10.9. The predicted octanol–water partition coefficient (Wildman–Crippen LogP) is 3.05. The lowest BCUT2D eigenvalue weighted by atomic mass is 9.91. The van der Waals surface area contributed by atoms with Crippen molar-refractivity contribution >= 4 is 5.97 Å². The molecule has 0 aliphatic carbocycles. The number of hydrogen-bond donors (Lipinski definition) is 1. The van der Waals surface area contributed by atoms with Crippen molar-refractivity contribution in [2.45, 2.75) is 12.8 Å². The minimum atomic E-state index is -1.05. The average molecular weight is 360 g/mol. The van der Waals surface area contributed by atoms with Gasteiger partial charge < -0.3 is 28.8 Å². The van der Waals surface area contributed by atoms with Gasteiger partial charge in [-0.3, -0.25) is 0 Å². The minimum absolute atomic E-state index is 0.104. The van der Waals surface area contributed by atoms with Gasteiger partial charge in [0.25, 0.3) is 0 Å². The molecule has 138 valence electrons. The van der Waals surface area contributed by atoms with Crippen LogP contribution in [0, 0.1) is 0 Å². The van der Waals surface area contributed by atoms with Gasteiger partial charge in [0.05, 0.1) is 14.2 Å². The Kier molecular flexibility index (Phi) is 5.06. The number of methoxy groups -OCH3 is 2. The molecule has 1 aliphatic heterocycles. The second-order valence-electron chi connectivity index (χ2n) is 5.76. The summed E-state index contributed by atoms with van der Waals surface area (Å²) >= 11 is 0. The Morgan fingerprint density at radius 1 is 1.08 bits per heavy atom. The summed E-state index contributed by atoms with van der Waals surface area (Å²) in [5.74, 6) is 1.69. The van der Waals surface area contributed by atoms with Gasteiger partial charge >= 0.3 is 5.97 Å². The molecule has 0 amide bonds. The van der Waals surface area contributed by atoms with Crippen molar-refractivity contribution in [3.8, 4) is 28.7 Å². The van der Waals surface area contributed by atoms with Crippen molar-refractivity contribution in [1.29, 1.82) is 0 Å². The van der Waals surface area contributed by atoms with Crippen LogP contribution in [-0.4, -0.2) is 38.7 Å². The molecule has 2 aromatic carbocycles. The van der Waals surface area contributed by atoms with Crippen LogP contribution in [0.1, 0.15) is 24.0 Å². The van der Waals surface area contributed by atoms with Crippen molar-refractivity contribution in [2.24, 2.45) is 0 Å². The van der Waals surface area contributed by atoms with Crippen LogP contribution in [-0.2, 0) is 4.79 Å². The van der Waals surface area contributed by atoms with Crippen LogP contribution in [0.25, 0.3) is 0 Å². The molecule has 0 saturated heterocycles. The zero-order chi connectivity index (χ0) is 18.7. The number of fused-ring (bicyclic) bond motifs is 1. The standard InChI is InChI=1S/C19H20O7/c1-11(12-4-5-14(22-2)16(6-12)23-3)13-7-17-18(26-10-25-17)8-15(13)24-9-19(20)21/h4-8,11H,9-10H2,1-3H3,(H,20,21). The fourth-order valence-corrected chi connectivity index (χ4v) is 2.84. The van der Waals surface area contributed by atoms with Crippen LogP contribution in [0.4, 0.5) is 0 Å². The average Bonchev–Trinajstić information content (AvgIpc) is 3.11. The summed E-state index contributed by atoms with van der Waals surface area (Å²) in [6, 6.07) is 9.13. The van der Waals surface area contributed by atoms with Gasteiger partial charge in [0.2, 0.25) is 6.79 Å². The van der Waals surface area contributed by atoms with Crippen LogP contribution in [0.5, 0.6) is 28.7 Å². The lowest BCUT2D eigenvalue weighted by Crippen LogP contribution is -2.11. The number of ether oxygens (including phenoxy) is 5. The number of carboxylic acids is 1. The van der Waals surface area contributed by atoms with E-state index in [0.29, 0.717) is 28.7 Å². The van der Waals surface area contributed by atoms with Crippen LogP contribution in [0.15, 0.2) is 30.3 Å². The summed E-state index contributed by atoms with van der Waals surface area (Å²) in [7, 11) is 3.16. The Morgan fingerprint density at radius 2 is 1.77 bits per heavy atom. The molecule has 7 nitrogen and oxygen atoms in total. The fourth-order valence-electron chi connectivity index (χ4n) is 2.84. The highest BCUT2D eigenvalue weighted by Crippen LogP contribution is 2.43. The Balaban J connectivity index is 2.00. The Morgan fingerprint density at radius 3 is 2.42 bits per heavy atom. The summed E-state index contributed by atoms with van der Waals surface area (Å²) in [6.45, 7) is 1.68. The maximum Gasteiger partial charge on any atom is 0.341 e. The third kappa shape index (κ3) is 3.46. The number of aliphatic carboxylic acids is 1. The third-order valence-corrected chi connectivity index (χ3v) is 4.23. The first-order valence-corrected chi connectivity index (χ1v) is 8.03. The van der Waals surface area contributed by atoms with E-state index in [1.807, 2.05) is 31.2 Å². The molecule has 7 heteroatoms. The van der Waals surface area contributed by atoms with Crippen LogP contribution in [0.2, 0.25) is 0 Å². The molecule has 0 bridgehead atoms. The van der Waals surface area contributed by atoms with Crippen LogP contribution < -0.4 is 23.7 Å². The van der Waals surface area contributed by atoms with Gasteiger partial charge in [0, 0.05) is 17.5 Å². The first kappa shape index (κ1) is 17.7. The molecule has 0 saturated carbocycles. The molecule has 3 rings (SSSR count). The van der Waals surface area contributed by atoms with Crippen molar-refractivity contribution in [3.05, 3.63) is 41.5 Å². The molecule has 0 spiro atoms. The summed E-state index contributed by atoms with van der Waals surface area (Å²) in [6.07, 6.45) is 0. The van der Waals surface area contributed by atoms with Gasteiger partial charge in [-0.25, -0.2) is 4.79 Å². The number of rotatable bonds is 7. The highest BCUT2D eigenvalue weighted by Gasteiger charge is 2.23. The summed E-state index contributed by atoms with van der Waals surface area (Å²) in [4.78, 5) is 10.9. The second kappa shape index (κ2) is 7.43. The molecule has 1 unspecified atom stereocenters. The van der Waals surface area contributed by atoms with E-state index >= 15 is 0 Å². The van der Waals surface area contributed by atoms with Gasteiger partial charge in [-0.15, -0.1) is 0 Å². The molecule has 1 N–H and O–H groups in total. The largest absolute Gasteiger partial charge is 0.493 e. The highest BCUT2D eigenvalue weighted by atomic mass is 16.7. The zero-order valence-corrected chi connectivity index (χ0v) is 14.8. The van der Waals surface area contributed by atoms with Gasteiger partial charge in [0.15, 0.2) is 29.6 Å². The quantitative estimate of drug-likeness (QED) is 0.812. The first-order valence-electron chi connectivity index (χ1n) is 8.03. The molecule has 0 fully saturated rings. The summed E-state index contributed by atoms with van der Waals surface area (Å²) in [5.41, 5.74) is 1.75. The Bertz CT molecular complexity index is 816. The molecule has 26 heavy (non-hydrogen) atoms. The van der Waals surface area contributed by atoms with Gasteiger partial charge in [0.1, 0.15) is 5.75 Å². The van der Waals surface area contributed by atoms with E-state index in [1.54, 1.807) is 20.3 Å². The maximum absolute atomic E-state index is 10.9. The number of benzene rings is 2. The zero-order valence-electron chi connectivity index (χ0n) is 14.8. The van der Waals surface area contributed by atoms with Crippen molar-refractivity contribution in [3.63, 3.8) is 0 Å². The predicted molar refractivity (Wildman–Crippen MR) is 92.8 cm³/mol. The summed E-state index contributed by atoms with van der Waals surface area (Å²) < 4.78 is 26.9. The minimum Gasteiger partial charge on any atom is -0.493 e. The van der Waals surface area contributed by atoms with E-state index in [1.165, 1.54) is 0 Å². The van der Waals surface area contributed by atoms with Crippen molar-refractivity contribution < 1.29 is 33.6 Å². The van der Waals surface area contributed by atoms with Crippen molar-refractivity contribution in [2.75, 3.05) is 27.6 Å². The van der Waals surface area contributed by atoms with E-state index in [2.05, 4.69) is 0 Å². The fraction of sp³-hybridized carbons (Fsp3) is 0.316. The van der Waals surface area contributed by atoms with Gasteiger partial charge in [-0.05, 0) is 23.8 Å². The van der Waals surface area contributed by atoms with Gasteiger partial charge in [-0.1, -0.05) is 13.0 Å². The normalized spacial score (nSPS) is 13.2. The molecular formula is C19H20O7. The van der Waals surface area contributed by atoms with E-state index in [9.17, 15) is 4.79 Å². The highest BCUT2D eigenvalue weighted by molar-refractivity contribution is 5.69. The molecule has 0 aromatic heterocycles. The van der Waals surface area contributed by atoms with Crippen LogP contribution in [0.3, 0.4) is 0 Å². The third-order valence-electron chi connectivity index (χ3n) is 4.23. The number of hydrogen-bond acceptors (Lipinski definition) is 6. The first-order chi connectivity index (χ1) is 12.5. The smallest absolute Gasteiger partial charge is 0.341 e. The number of carbonyl (C=O) groups is 1. The van der Waals surface area contributed by atoms with E-state index in [-0.39, 0.29) is 12.7 Å². The molecule has 1 aliphatic rings. The lowest BCUT2D eigenvalue weighted by molar-refractivity contribution is -0.139. The molecular weight excluding hydrogens is 340 g/mol. The van der Waals surface area contributed by atoms with Gasteiger partial charge in [-0.2, -0.15) is 0 Å². The van der Waals surface area contributed by atoms with Crippen molar-refractivity contribution in [1.82, 2.24) is 0 Å². The lowest BCUT2D eigenvalue weighted by Gasteiger charge is -2.19. The summed E-state index contributed by atoms with van der Waals surface area (Å²) in [5, 5.41) is 8.93. The Labute approximate surface area is 151 Å². The van der Waals surface area contributed by atoms with Crippen LogP contribution >= 0.6 is 0 Å². The molecule has 1 atom stereocenters. The Hall–Kier alpha value is -3.09. The molecule has 2 aromatic rings. The molecule has 0 radical (unpaired) electrons. The number of carboxylic acid groups (broad SMARTS) is 1. The second-order valence-corrected chi connectivity index (χ2v) is 5.76. The SMILES string of the molecule is COc1ccc(C(C)c2cc3c(cc2OCC(=O)O)OCO3)cc1OC.